The molecule has 1 fully saturated rings. The van der Waals surface area contributed by atoms with Gasteiger partial charge in [-0.3, -0.25) is 0 Å². The normalized spacial score (nSPS) is 25.1. The molecule has 3 heteroatoms. The molecule has 19 heavy (non-hydrogen) atoms. The third kappa shape index (κ3) is 3.10. The van der Waals surface area contributed by atoms with Crippen molar-refractivity contribution in [1.29, 1.82) is 0 Å². The standard InChI is InChI=1S/C16H27N3/c1-14-6-4-7-15(12-14)19(3)16(13-17)8-5-10-18(2)11-9-16/h4,6-7,12H,5,8-11,13,17H2,1-3H3. The van der Waals surface area contributed by atoms with Crippen LogP contribution in [0.1, 0.15) is 24.8 Å². The lowest BCUT2D eigenvalue weighted by molar-refractivity contribution is 0.324. The second-order valence-corrected chi connectivity index (χ2v) is 5.98. The van der Waals surface area contributed by atoms with Crippen LogP contribution in [0.3, 0.4) is 0 Å². The van der Waals surface area contributed by atoms with Gasteiger partial charge in [-0.15, -0.1) is 0 Å². The smallest absolute Gasteiger partial charge is 0.0533 e. The van der Waals surface area contributed by atoms with Crippen molar-refractivity contribution in [2.75, 3.05) is 38.6 Å². The number of rotatable bonds is 3. The molecule has 1 atom stereocenters. The SMILES string of the molecule is Cc1cccc(N(C)C2(CN)CCCN(C)CC2)c1. The molecule has 2 N–H and O–H groups in total. The van der Waals surface area contributed by atoms with Crippen molar-refractivity contribution in [2.45, 2.75) is 31.7 Å². The van der Waals surface area contributed by atoms with E-state index in [1.807, 2.05) is 0 Å². The number of aryl methyl sites for hydroxylation is 1. The molecule has 0 amide bonds. The molecule has 106 valence electrons. The Bertz CT molecular complexity index is 418. The quantitative estimate of drug-likeness (QED) is 0.906. The molecule has 0 aromatic heterocycles. The van der Waals surface area contributed by atoms with Crippen LogP contribution in [0, 0.1) is 6.92 Å². The van der Waals surface area contributed by atoms with E-state index in [1.54, 1.807) is 0 Å². The Balaban J connectivity index is 2.24. The minimum Gasteiger partial charge on any atom is -0.368 e. The van der Waals surface area contributed by atoms with Crippen molar-refractivity contribution in [2.24, 2.45) is 5.73 Å². The first-order chi connectivity index (χ1) is 9.07. The van der Waals surface area contributed by atoms with E-state index in [-0.39, 0.29) is 5.54 Å². The maximum Gasteiger partial charge on any atom is 0.0533 e. The zero-order chi connectivity index (χ0) is 13.9. The van der Waals surface area contributed by atoms with Gasteiger partial charge in [0.1, 0.15) is 0 Å². The van der Waals surface area contributed by atoms with Crippen molar-refractivity contribution in [3.05, 3.63) is 29.8 Å². The summed E-state index contributed by atoms with van der Waals surface area (Å²) in [5.41, 5.74) is 8.87. The van der Waals surface area contributed by atoms with Crippen molar-refractivity contribution in [3.63, 3.8) is 0 Å². The molecule has 2 rings (SSSR count). The number of hydrogen-bond acceptors (Lipinski definition) is 3. The number of likely N-dealkylation sites (tertiary alicyclic amines) is 1. The Morgan fingerprint density at radius 1 is 1.32 bits per heavy atom. The zero-order valence-corrected chi connectivity index (χ0v) is 12.5. The first-order valence-corrected chi connectivity index (χ1v) is 7.26. The van der Waals surface area contributed by atoms with Crippen LogP contribution < -0.4 is 10.6 Å². The molecule has 1 unspecified atom stereocenters. The number of hydrogen-bond donors (Lipinski definition) is 1. The Labute approximate surface area is 117 Å². The van der Waals surface area contributed by atoms with E-state index >= 15 is 0 Å². The van der Waals surface area contributed by atoms with Crippen LogP contribution >= 0.6 is 0 Å². The lowest BCUT2D eigenvalue weighted by Crippen LogP contribution is -2.53. The van der Waals surface area contributed by atoms with Gasteiger partial charge in [0, 0.05) is 25.8 Å². The molecule has 1 aliphatic heterocycles. The van der Waals surface area contributed by atoms with Crippen molar-refractivity contribution < 1.29 is 0 Å². The molecule has 0 saturated carbocycles. The van der Waals surface area contributed by atoms with Crippen LogP contribution in [0.15, 0.2) is 24.3 Å². The van der Waals surface area contributed by atoms with Gasteiger partial charge in [-0.25, -0.2) is 0 Å². The summed E-state index contributed by atoms with van der Waals surface area (Å²) in [6, 6.07) is 8.73. The third-order valence-electron chi connectivity index (χ3n) is 4.62. The molecule has 1 aromatic carbocycles. The molecule has 1 aliphatic rings. The molecule has 0 radical (unpaired) electrons. The molecule has 1 saturated heterocycles. The average Bonchev–Trinajstić information content (AvgIpc) is 2.61. The van der Waals surface area contributed by atoms with Crippen LogP contribution in [0.5, 0.6) is 0 Å². The first kappa shape index (κ1) is 14.4. The first-order valence-electron chi connectivity index (χ1n) is 7.26. The highest BCUT2D eigenvalue weighted by molar-refractivity contribution is 5.50. The molecule has 3 nitrogen and oxygen atoms in total. The predicted octanol–water partition coefficient (Wildman–Crippen LogP) is 2.24. The van der Waals surface area contributed by atoms with Gasteiger partial charge in [-0.05, 0) is 57.5 Å². The Hall–Kier alpha value is -1.06. The van der Waals surface area contributed by atoms with Crippen LogP contribution in [-0.4, -0.2) is 44.2 Å². The number of anilines is 1. The molecule has 0 aliphatic carbocycles. The maximum absolute atomic E-state index is 6.17. The number of likely N-dealkylation sites (N-methyl/N-ethyl adjacent to an activating group) is 1. The summed E-state index contributed by atoms with van der Waals surface area (Å²) in [6.07, 6.45) is 3.55. The summed E-state index contributed by atoms with van der Waals surface area (Å²) < 4.78 is 0. The van der Waals surface area contributed by atoms with Gasteiger partial charge in [0.15, 0.2) is 0 Å². The fourth-order valence-electron chi connectivity index (χ4n) is 3.10. The predicted molar refractivity (Wildman–Crippen MR) is 82.7 cm³/mol. The monoisotopic (exact) mass is 261 g/mol. The summed E-state index contributed by atoms with van der Waals surface area (Å²) >= 11 is 0. The molecular weight excluding hydrogens is 234 g/mol. The van der Waals surface area contributed by atoms with Gasteiger partial charge in [0.05, 0.1) is 5.54 Å². The van der Waals surface area contributed by atoms with Gasteiger partial charge in [0.2, 0.25) is 0 Å². The topological polar surface area (TPSA) is 32.5 Å². The Morgan fingerprint density at radius 2 is 2.11 bits per heavy atom. The summed E-state index contributed by atoms with van der Waals surface area (Å²) in [4.78, 5) is 4.83. The number of nitrogens with zero attached hydrogens (tertiary/aromatic N) is 2. The average molecular weight is 261 g/mol. The highest BCUT2D eigenvalue weighted by Crippen LogP contribution is 2.31. The minimum absolute atomic E-state index is 0.110. The highest BCUT2D eigenvalue weighted by Gasteiger charge is 2.34. The van der Waals surface area contributed by atoms with E-state index in [0.29, 0.717) is 0 Å². The molecule has 1 heterocycles. The van der Waals surface area contributed by atoms with E-state index in [2.05, 4.69) is 55.1 Å². The van der Waals surface area contributed by atoms with Gasteiger partial charge in [-0.2, -0.15) is 0 Å². The van der Waals surface area contributed by atoms with Crippen LogP contribution in [0.2, 0.25) is 0 Å². The van der Waals surface area contributed by atoms with E-state index in [0.717, 1.165) is 19.5 Å². The largest absolute Gasteiger partial charge is 0.368 e. The third-order valence-corrected chi connectivity index (χ3v) is 4.62. The van der Waals surface area contributed by atoms with Gasteiger partial charge in [0.25, 0.3) is 0 Å². The van der Waals surface area contributed by atoms with E-state index in [9.17, 15) is 0 Å². The lowest BCUT2D eigenvalue weighted by atomic mass is 9.88. The Morgan fingerprint density at radius 3 is 2.79 bits per heavy atom. The molecular formula is C16H27N3. The Kier molecular flexibility index (Phi) is 4.48. The number of benzene rings is 1. The summed E-state index contributed by atoms with van der Waals surface area (Å²) in [5, 5.41) is 0. The van der Waals surface area contributed by atoms with Gasteiger partial charge in [-0.1, -0.05) is 12.1 Å². The van der Waals surface area contributed by atoms with Crippen molar-refractivity contribution >= 4 is 5.69 Å². The maximum atomic E-state index is 6.17. The van der Waals surface area contributed by atoms with E-state index < -0.39 is 0 Å². The fraction of sp³-hybridized carbons (Fsp3) is 0.625. The van der Waals surface area contributed by atoms with Gasteiger partial charge >= 0.3 is 0 Å². The van der Waals surface area contributed by atoms with Crippen LogP contribution in [0.25, 0.3) is 0 Å². The summed E-state index contributed by atoms with van der Waals surface area (Å²) in [5.74, 6) is 0. The molecule has 1 aromatic rings. The summed E-state index contributed by atoms with van der Waals surface area (Å²) in [7, 11) is 4.41. The van der Waals surface area contributed by atoms with Crippen LogP contribution in [0.4, 0.5) is 5.69 Å². The minimum atomic E-state index is 0.110. The highest BCUT2D eigenvalue weighted by atomic mass is 15.2. The van der Waals surface area contributed by atoms with E-state index in [4.69, 9.17) is 5.73 Å². The van der Waals surface area contributed by atoms with Crippen molar-refractivity contribution in [3.8, 4) is 0 Å². The molecule has 0 spiro atoms. The zero-order valence-electron chi connectivity index (χ0n) is 12.5. The second kappa shape index (κ2) is 5.93. The lowest BCUT2D eigenvalue weighted by Gasteiger charge is -2.42. The van der Waals surface area contributed by atoms with E-state index in [1.165, 1.54) is 30.6 Å². The van der Waals surface area contributed by atoms with Gasteiger partial charge < -0.3 is 15.5 Å². The summed E-state index contributed by atoms with van der Waals surface area (Å²) in [6.45, 7) is 5.19. The fourth-order valence-corrected chi connectivity index (χ4v) is 3.10. The number of nitrogens with two attached hydrogens (primary N) is 1. The van der Waals surface area contributed by atoms with Crippen molar-refractivity contribution in [1.82, 2.24) is 4.90 Å². The second-order valence-electron chi connectivity index (χ2n) is 5.98. The molecule has 0 bridgehead atoms. The van der Waals surface area contributed by atoms with Crippen LogP contribution in [-0.2, 0) is 0 Å².